The number of halogens is 2. The van der Waals surface area contributed by atoms with Gasteiger partial charge >= 0.3 is 0 Å². The van der Waals surface area contributed by atoms with E-state index in [0.29, 0.717) is 9.86 Å². The molecule has 0 spiro atoms. The Morgan fingerprint density at radius 1 is 1.34 bits per heavy atom. The number of hydrogen-bond donors (Lipinski definition) is 1. The molecule has 168 valence electrons. The van der Waals surface area contributed by atoms with Crippen molar-refractivity contribution in [1.82, 2.24) is 9.88 Å². The maximum atomic E-state index is 14.6. The highest BCUT2D eigenvalue weighted by Crippen LogP contribution is 2.40. The molecule has 1 fully saturated rings. The highest BCUT2D eigenvalue weighted by Gasteiger charge is 2.49. The number of piperidine rings is 1. The van der Waals surface area contributed by atoms with Gasteiger partial charge in [0.05, 0.1) is 16.3 Å². The number of pyridine rings is 1. The molecule has 0 radical (unpaired) electrons. The van der Waals surface area contributed by atoms with Gasteiger partial charge in [0.1, 0.15) is 5.92 Å². The van der Waals surface area contributed by atoms with Crippen LogP contribution >= 0.6 is 11.3 Å². The Morgan fingerprint density at radius 2 is 2.12 bits per heavy atom. The van der Waals surface area contributed by atoms with E-state index in [1.165, 1.54) is 47.2 Å². The number of thiazole rings is 1. The van der Waals surface area contributed by atoms with E-state index < -0.39 is 24.3 Å². The van der Waals surface area contributed by atoms with Gasteiger partial charge in [-0.3, -0.25) is 9.69 Å². The second-order valence-corrected chi connectivity index (χ2v) is 9.67. The number of likely N-dealkylation sites (tertiary alicyclic amines) is 1. The van der Waals surface area contributed by atoms with E-state index >= 15 is 0 Å². The van der Waals surface area contributed by atoms with E-state index in [1.54, 1.807) is 17.9 Å². The zero-order valence-electron chi connectivity index (χ0n) is 17.7. The van der Waals surface area contributed by atoms with Crippen LogP contribution in [0, 0.1) is 5.21 Å². The lowest BCUT2D eigenvalue weighted by atomic mass is 9.89. The van der Waals surface area contributed by atoms with Crippen molar-refractivity contribution in [3.63, 3.8) is 0 Å². The first-order valence-electron chi connectivity index (χ1n) is 10.8. The van der Waals surface area contributed by atoms with Crippen molar-refractivity contribution in [3.8, 4) is 0 Å². The standard InChI is InChI=1S/C23H24F2N4O2S/c1-14(28-10-8-23(24,25)17(13-28)19-7-2-3-9-29(19)31)21(30)27-22-26-18-11-15-5-4-6-16(15)12-20(18)32-22/h2-3,7,9,11-12,14,17H,4-6,8,10,13H2,1H3,(H,26,27,30)/t14-,17-/m0/s1. The van der Waals surface area contributed by atoms with Crippen molar-refractivity contribution in [3.05, 3.63) is 58.6 Å². The quantitative estimate of drug-likeness (QED) is 0.476. The minimum atomic E-state index is -3.01. The molecule has 3 aromatic rings. The average Bonchev–Trinajstić information content (AvgIpc) is 3.37. The molecule has 1 aromatic carbocycles. The molecule has 9 heteroatoms. The van der Waals surface area contributed by atoms with Crippen LogP contribution in [-0.2, 0) is 17.6 Å². The van der Waals surface area contributed by atoms with Gasteiger partial charge in [-0.05, 0) is 55.5 Å². The second-order valence-electron chi connectivity index (χ2n) is 8.64. The van der Waals surface area contributed by atoms with Gasteiger partial charge in [0.2, 0.25) is 11.6 Å². The van der Waals surface area contributed by atoms with Crippen LogP contribution in [0.1, 0.15) is 42.5 Å². The summed E-state index contributed by atoms with van der Waals surface area (Å²) in [5, 5.41) is 15.5. The first kappa shape index (κ1) is 21.2. The molecule has 0 saturated carbocycles. The largest absolute Gasteiger partial charge is 0.618 e. The number of benzene rings is 1. The Labute approximate surface area is 188 Å². The minimum Gasteiger partial charge on any atom is -0.618 e. The Balaban J connectivity index is 1.31. The monoisotopic (exact) mass is 458 g/mol. The fraction of sp³-hybridized carbons (Fsp3) is 0.435. The van der Waals surface area contributed by atoms with Crippen molar-refractivity contribution in [2.24, 2.45) is 0 Å². The molecule has 3 heterocycles. The Hall–Kier alpha value is -2.65. The fourth-order valence-electron chi connectivity index (χ4n) is 4.72. The van der Waals surface area contributed by atoms with Gasteiger partial charge in [-0.1, -0.05) is 11.3 Å². The molecular weight excluding hydrogens is 434 g/mol. The highest BCUT2D eigenvalue weighted by atomic mass is 32.1. The van der Waals surface area contributed by atoms with Crippen molar-refractivity contribution in [2.75, 3.05) is 18.4 Å². The van der Waals surface area contributed by atoms with Gasteiger partial charge in [0.15, 0.2) is 11.3 Å². The summed E-state index contributed by atoms with van der Waals surface area (Å²) in [6, 6.07) is 8.15. The molecule has 0 bridgehead atoms. The van der Waals surface area contributed by atoms with Crippen LogP contribution in [0.4, 0.5) is 13.9 Å². The second kappa shape index (κ2) is 8.04. The summed E-state index contributed by atoms with van der Waals surface area (Å²) in [7, 11) is 0. The third kappa shape index (κ3) is 3.84. The van der Waals surface area contributed by atoms with Crippen LogP contribution in [0.25, 0.3) is 10.2 Å². The van der Waals surface area contributed by atoms with Crippen LogP contribution in [0.15, 0.2) is 36.5 Å². The van der Waals surface area contributed by atoms with Crippen LogP contribution < -0.4 is 10.0 Å². The van der Waals surface area contributed by atoms with E-state index in [4.69, 9.17) is 0 Å². The van der Waals surface area contributed by atoms with Crippen molar-refractivity contribution in [1.29, 1.82) is 0 Å². The minimum absolute atomic E-state index is 0.0222. The molecule has 1 aliphatic carbocycles. The summed E-state index contributed by atoms with van der Waals surface area (Å²) in [6.45, 7) is 1.71. The van der Waals surface area contributed by atoms with Gasteiger partial charge in [-0.15, -0.1) is 0 Å². The molecule has 2 atom stereocenters. The lowest BCUT2D eigenvalue weighted by Crippen LogP contribution is -2.54. The molecule has 1 amide bonds. The summed E-state index contributed by atoms with van der Waals surface area (Å²) in [6.07, 6.45) is 4.12. The van der Waals surface area contributed by atoms with E-state index in [2.05, 4.69) is 22.4 Å². The molecule has 5 rings (SSSR count). The van der Waals surface area contributed by atoms with E-state index in [1.807, 2.05) is 0 Å². The van der Waals surface area contributed by atoms with Gasteiger partial charge < -0.3 is 10.5 Å². The van der Waals surface area contributed by atoms with Crippen LogP contribution in [0.3, 0.4) is 0 Å². The summed E-state index contributed by atoms with van der Waals surface area (Å²) in [4.78, 5) is 19.2. The van der Waals surface area contributed by atoms with E-state index in [-0.39, 0.29) is 24.7 Å². The third-order valence-corrected chi connectivity index (χ3v) is 7.56. The molecule has 1 aliphatic heterocycles. The highest BCUT2D eigenvalue weighted by molar-refractivity contribution is 7.22. The molecule has 32 heavy (non-hydrogen) atoms. The maximum absolute atomic E-state index is 14.6. The molecule has 1 saturated heterocycles. The summed E-state index contributed by atoms with van der Waals surface area (Å²) >= 11 is 1.43. The first-order chi connectivity index (χ1) is 15.3. The van der Waals surface area contributed by atoms with Gasteiger partial charge in [-0.25, -0.2) is 13.8 Å². The number of alkyl halides is 2. The van der Waals surface area contributed by atoms with Gasteiger partial charge in [0, 0.05) is 31.6 Å². The lowest BCUT2D eigenvalue weighted by Gasteiger charge is -2.39. The predicted octanol–water partition coefficient (Wildman–Crippen LogP) is 3.87. The first-order valence-corrected chi connectivity index (χ1v) is 11.7. The normalized spacial score (nSPS) is 21.4. The number of nitrogens with one attached hydrogen (secondary N) is 1. The number of amides is 1. The number of hydrogen-bond acceptors (Lipinski definition) is 5. The SMILES string of the molecule is C[C@@H](C(=O)Nc1nc2cc3c(cc2s1)CCC3)N1CCC(F)(F)[C@H](c2cccc[n+]2[O-])C1. The summed E-state index contributed by atoms with van der Waals surface area (Å²) in [5.74, 6) is -4.56. The molecule has 1 N–H and O–H groups in total. The number of anilines is 1. The Kier molecular flexibility index (Phi) is 5.33. The third-order valence-electron chi connectivity index (χ3n) is 6.63. The number of fused-ring (bicyclic) bond motifs is 2. The topological polar surface area (TPSA) is 72.2 Å². The molecule has 2 aliphatic rings. The number of nitrogens with zero attached hydrogens (tertiary/aromatic N) is 3. The number of aromatic nitrogens is 2. The van der Waals surface area contributed by atoms with Crippen LogP contribution in [0.2, 0.25) is 0 Å². The zero-order valence-corrected chi connectivity index (χ0v) is 18.5. The molecule has 6 nitrogen and oxygen atoms in total. The Morgan fingerprint density at radius 3 is 2.91 bits per heavy atom. The predicted molar refractivity (Wildman–Crippen MR) is 119 cm³/mol. The van der Waals surface area contributed by atoms with Crippen molar-refractivity contribution in [2.45, 2.75) is 50.5 Å². The summed E-state index contributed by atoms with van der Waals surface area (Å²) in [5.41, 5.74) is 3.57. The van der Waals surface area contributed by atoms with Crippen LogP contribution in [-0.4, -0.2) is 40.8 Å². The van der Waals surface area contributed by atoms with E-state index in [0.717, 1.165) is 23.1 Å². The lowest BCUT2D eigenvalue weighted by molar-refractivity contribution is -0.617. The van der Waals surface area contributed by atoms with E-state index in [9.17, 15) is 18.8 Å². The maximum Gasteiger partial charge on any atom is 0.263 e. The zero-order chi connectivity index (χ0) is 22.5. The molecule has 2 aromatic heterocycles. The molecule has 0 unspecified atom stereocenters. The number of carbonyl (C=O) groups is 1. The van der Waals surface area contributed by atoms with Crippen LogP contribution in [0.5, 0.6) is 0 Å². The number of aryl methyl sites for hydroxylation is 2. The molecular formula is C23H24F2N4O2S. The smallest absolute Gasteiger partial charge is 0.263 e. The average molecular weight is 459 g/mol. The van der Waals surface area contributed by atoms with Gasteiger partial charge in [-0.2, -0.15) is 4.73 Å². The Bertz CT molecular complexity index is 1140. The number of rotatable bonds is 4. The number of carbonyl (C=O) groups excluding carboxylic acids is 1. The van der Waals surface area contributed by atoms with Crippen molar-refractivity contribution >= 4 is 32.6 Å². The van der Waals surface area contributed by atoms with Crippen molar-refractivity contribution < 1.29 is 18.3 Å². The summed E-state index contributed by atoms with van der Waals surface area (Å²) < 4.78 is 30.8. The van der Waals surface area contributed by atoms with Gasteiger partial charge in [0.25, 0.3) is 5.92 Å². The fourth-order valence-corrected chi connectivity index (χ4v) is 5.64.